The average molecular weight is 297 g/mol. The van der Waals surface area contributed by atoms with Crippen molar-refractivity contribution in [2.45, 2.75) is 38.1 Å². The minimum absolute atomic E-state index is 0.114. The summed E-state index contributed by atoms with van der Waals surface area (Å²) >= 11 is 0. The smallest absolute Gasteiger partial charge is 0.315 e. The number of hydrogen-bond donors (Lipinski definition) is 1. The van der Waals surface area contributed by atoms with Crippen molar-refractivity contribution in [1.29, 1.82) is 0 Å². The number of carbonyl (C=O) groups excluding carboxylic acids is 1. The number of benzene rings is 2. The first kappa shape index (κ1) is 15.0. The Balaban J connectivity index is 1.96. The third-order valence-electron chi connectivity index (χ3n) is 4.42. The van der Waals surface area contributed by atoms with Gasteiger partial charge in [-0.05, 0) is 42.6 Å². The lowest BCUT2D eigenvalue weighted by atomic mass is 9.85. The van der Waals surface area contributed by atoms with E-state index in [0.717, 1.165) is 18.5 Å². The zero-order chi connectivity index (χ0) is 15.4. The molecule has 3 nitrogen and oxygen atoms in total. The fraction of sp³-hybridized carbons (Fsp3) is 0.421. The highest BCUT2D eigenvalue weighted by molar-refractivity contribution is 5.86. The summed E-state index contributed by atoms with van der Waals surface area (Å²) in [7, 11) is 0. The molecule has 116 valence electrons. The molecule has 0 spiro atoms. The first-order valence-electron chi connectivity index (χ1n) is 8.18. The minimum atomic E-state index is -0.218. The minimum Gasteiger partial charge on any atom is -0.465 e. The van der Waals surface area contributed by atoms with Crippen molar-refractivity contribution in [3.63, 3.8) is 0 Å². The van der Waals surface area contributed by atoms with Gasteiger partial charge in [0.25, 0.3) is 0 Å². The van der Waals surface area contributed by atoms with E-state index in [1.165, 1.54) is 23.6 Å². The molecule has 0 saturated carbocycles. The number of nitrogens with one attached hydrogen (secondary N) is 1. The van der Waals surface area contributed by atoms with Gasteiger partial charge in [0.05, 0.1) is 12.5 Å². The van der Waals surface area contributed by atoms with Crippen LogP contribution in [-0.2, 0) is 9.53 Å². The highest BCUT2D eigenvalue weighted by Gasteiger charge is 2.32. The van der Waals surface area contributed by atoms with Crippen LogP contribution in [-0.4, -0.2) is 25.2 Å². The zero-order valence-electron chi connectivity index (χ0n) is 13.0. The molecule has 0 radical (unpaired) electrons. The lowest BCUT2D eigenvalue weighted by Crippen LogP contribution is -2.42. The Hall–Kier alpha value is -1.87. The molecule has 2 aromatic rings. The van der Waals surface area contributed by atoms with Crippen LogP contribution in [0.4, 0.5) is 0 Å². The van der Waals surface area contributed by atoms with Crippen LogP contribution in [0, 0.1) is 0 Å². The third kappa shape index (κ3) is 3.14. The summed E-state index contributed by atoms with van der Waals surface area (Å²) < 4.78 is 5.34. The molecule has 2 aromatic carbocycles. The molecule has 2 atom stereocenters. The molecule has 1 fully saturated rings. The van der Waals surface area contributed by atoms with E-state index >= 15 is 0 Å². The molecule has 0 aliphatic carbocycles. The predicted molar refractivity (Wildman–Crippen MR) is 89.0 cm³/mol. The van der Waals surface area contributed by atoms with Gasteiger partial charge in [0.1, 0.15) is 0 Å². The SMILES string of the molecule is CCOC(=O)[C@@H](c1ccc2ccccc2c1)[C@H]1CCCCN1. The number of hydrogen-bond acceptors (Lipinski definition) is 3. The van der Waals surface area contributed by atoms with Gasteiger partial charge < -0.3 is 10.1 Å². The van der Waals surface area contributed by atoms with Crippen molar-refractivity contribution in [1.82, 2.24) is 5.32 Å². The highest BCUT2D eigenvalue weighted by Crippen LogP contribution is 2.29. The molecule has 1 aliphatic rings. The van der Waals surface area contributed by atoms with Gasteiger partial charge in [-0.1, -0.05) is 48.9 Å². The molecule has 1 aliphatic heterocycles. The van der Waals surface area contributed by atoms with Crippen molar-refractivity contribution >= 4 is 16.7 Å². The van der Waals surface area contributed by atoms with Crippen LogP contribution < -0.4 is 5.32 Å². The summed E-state index contributed by atoms with van der Waals surface area (Å²) in [5, 5.41) is 5.88. The Morgan fingerprint density at radius 1 is 1.23 bits per heavy atom. The van der Waals surface area contributed by atoms with Crippen molar-refractivity contribution in [3.05, 3.63) is 48.0 Å². The average Bonchev–Trinajstić information content (AvgIpc) is 2.56. The van der Waals surface area contributed by atoms with E-state index in [1.807, 2.05) is 19.1 Å². The Bertz CT molecular complexity index is 647. The summed E-state index contributed by atoms with van der Waals surface area (Å²) in [6.07, 6.45) is 3.38. The van der Waals surface area contributed by atoms with E-state index in [1.54, 1.807) is 0 Å². The summed E-state index contributed by atoms with van der Waals surface area (Å²) in [5.41, 5.74) is 1.05. The molecule has 1 heterocycles. The summed E-state index contributed by atoms with van der Waals surface area (Å²) in [6.45, 7) is 3.27. The fourth-order valence-electron chi connectivity index (χ4n) is 3.33. The van der Waals surface area contributed by atoms with Crippen LogP contribution in [0.1, 0.15) is 37.7 Å². The number of fused-ring (bicyclic) bond motifs is 1. The molecule has 1 N–H and O–H groups in total. The maximum atomic E-state index is 12.5. The van der Waals surface area contributed by atoms with Crippen LogP contribution in [0.2, 0.25) is 0 Å². The van der Waals surface area contributed by atoms with Crippen molar-refractivity contribution < 1.29 is 9.53 Å². The fourth-order valence-corrected chi connectivity index (χ4v) is 3.33. The van der Waals surface area contributed by atoms with E-state index in [2.05, 4.69) is 35.6 Å². The molecule has 22 heavy (non-hydrogen) atoms. The maximum absolute atomic E-state index is 12.5. The summed E-state index contributed by atoms with van der Waals surface area (Å²) in [5.74, 6) is -0.331. The molecular formula is C19H23NO2. The first-order chi connectivity index (χ1) is 10.8. The second-order valence-corrected chi connectivity index (χ2v) is 5.89. The molecule has 0 unspecified atom stereocenters. The second kappa shape index (κ2) is 6.93. The van der Waals surface area contributed by atoms with Gasteiger partial charge in [0.15, 0.2) is 0 Å². The maximum Gasteiger partial charge on any atom is 0.315 e. The van der Waals surface area contributed by atoms with Gasteiger partial charge in [-0.3, -0.25) is 4.79 Å². The molecular weight excluding hydrogens is 274 g/mol. The zero-order valence-corrected chi connectivity index (χ0v) is 13.0. The first-order valence-corrected chi connectivity index (χ1v) is 8.18. The number of carbonyl (C=O) groups is 1. The van der Waals surface area contributed by atoms with Crippen LogP contribution >= 0.6 is 0 Å². The largest absolute Gasteiger partial charge is 0.465 e. The Kier molecular flexibility index (Phi) is 4.74. The van der Waals surface area contributed by atoms with Gasteiger partial charge in [0, 0.05) is 6.04 Å². The number of ether oxygens (including phenoxy) is 1. The standard InChI is InChI=1S/C19H23NO2/c1-2-22-19(21)18(17-9-5-6-12-20-17)16-11-10-14-7-3-4-8-15(14)13-16/h3-4,7-8,10-11,13,17-18,20H,2,5-6,9,12H2,1H3/t17-,18+/m1/s1. The number of rotatable bonds is 4. The topological polar surface area (TPSA) is 38.3 Å². The summed E-state index contributed by atoms with van der Waals surface area (Å²) in [4.78, 5) is 12.5. The molecule has 3 rings (SSSR count). The van der Waals surface area contributed by atoms with Gasteiger partial charge in [0.2, 0.25) is 0 Å². The van der Waals surface area contributed by atoms with Crippen LogP contribution in [0.3, 0.4) is 0 Å². The van der Waals surface area contributed by atoms with E-state index in [9.17, 15) is 4.79 Å². The molecule has 1 saturated heterocycles. The quantitative estimate of drug-likeness (QED) is 0.876. The van der Waals surface area contributed by atoms with Gasteiger partial charge >= 0.3 is 5.97 Å². The normalized spacial score (nSPS) is 19.8. The van der Waals surface area contributed by atoms with Crippen molar-refractivity contribution in [2.75, 3.05) is 13.2 Å². The Morgan fingerprint density at radius 2 is 2.05 bits per heavy atom. The molecule has 0 bridgehead atoms. The van der Waals surface area contributed by atoms with Crippen LogP contribution in [0.25, 0.3) is 10.8 Å². The number of piperidine rings is 1. The monoisotopic (exact) mass is 297 g/mol. The third-order valence-corrected chi connectivity index (χ3v) is 4.42. The van der Waals surface area contributed by atoms with E-state index in [-0.39, 0.29) is 17.9 Å². The van der Waals surface area contributed by atoms with E-state index in [4.69, 9.17) is 4.74 Å². The molecule has 0 amide bonds. The lowest BCUT2D eigenvalue weighted by molar-refractivity contribution is -0.145. The number of esters is 1. The van der Waals surface area contributed by atoms with Crippen molar-refractivity contribution in [3.8, 4) is 0 Å². The molecule has 0 aromatic heterocycles. The van der Waals surface area contributed by atoms with E-state index < -0.39 is 0 Å². The van der Waals surface area contributed by atoms with Gasteiger partial charge in [-0.15, -0.1) is 0 Å². The predicted octanol–water partition coefficient (Wildman–Crippen LogP) is 3.63. The Labute approximate surface area is 131 Å². The van der Waals surface area contributed by atoms with Crippen LogP contribution in [0.15, 0.2) is 42.5 Å². The van der Waals surface area contributed by atoms with Crippen LogP contribution in [0.5, 0.6) is 0 Å². The van der Waals surface area contributed by atoms with Gasteiger partial charge in [-0.25, -0.2) is 0 Å². The lowest BCUT2D eigenvalue weighted by Gasteiger charge is -2.30. The second-order valence-electron chi connectivity index (χ2n) is 5.89. The molecule has 3 heteroatoms. The highest BCUT2D eigenvalue weighted by atomic mass is 16.5. The van der Waals surface area contributed by atoms with Gasteiger partial charge in [-0.2, -0.15) is 0 Å². The van der Waals surface area contributed by atoms with Crippen molar-refractivity contribution in [2.24, 2.45) is 0 Å². The van der Waals surface area contributed by atoms with E-state index in [0.29, 0.717) is 6.61 Å². The Morgan fingerprint density at radius 3 is 2.77 bits per heavy atom. The summed E-state index contributed by atoms with van der Waals surface area (Å²) in [6, 6.07) is 14.7.